The highest BCUT2D eigenvalue weighted by Gasteiger charge is 2.14. The van der Waals surface area contributed by atoms with E-state index in [9.17, 15) is 4.79 Å². The molecule has 0 aliphatic rings. The number of para-hydroxylation sites is 1. The monoisotopic (exact) mass is 289 g/mol. The Labute approximate surface area is 127 Å². The molecule has 0 fully saturated rings. The number of rotatable bonds is 1. The molecule has 0 amide bonds. The normalized spacial score (nSPS) is 11.4. The molecule has 4 rings (SSSR count). The quantitative estimate of drug-likeness (QED) is 0.525. The summed E-state index contributed by atoms with van der Waals surface area (Å²) in [5.41, 5.74) is 3.73. The van der Waals surface area contributed by atoms with Gasteiger partial charge in [0.25, 0.3) is 0 Å². The van der Waals surface area contributed by atoms with Gasteiger partial charge in [0.15, 0.2) is 0 Å². The maximum Gasteiger partial charge on any atom is 0.346 e. The zero-order valence-electron chi connectivity index (χ0n) is 12.5. The fraction of sp³-hybridized carbons (Fsp3) is 0.105. The standard InChI is InChI=1S/C19H15NO2/c1-12-7-9-13(10-8-12)17-11-16-18(19(21)22-17)14-5-3-4-6-15(14)20(16)2/h3-11H,1-2H3. The third-order valence-electron chi connectivity index (χ3n) is 4.16. The maximum atomic E-state index is 12.5. The SMILES string of the molecule is Cc1ccc(-c2cc3c(c(=O)o2)c2ccccc2n3C)cc1. The summed E-state index contributed by atoms with van der Waals surface area (Å²) in [6.45, 7) is 2.03. The highest BCUT2D eigenvalue weighted by Crippen LogP contribution is 2.29. The Morgan fingerprint density at radius 2 is 1.68 bits per heavy atom. The highest BCUT2D eigenvalue weighted by atomic mass is 16.4. The van der Waals surface area contributed by atoms with Gasteiger partial charge < -0.3 is 8.98 Å². The lowest BCUT2D eigenvalue weighted by Crippen LogP contribution is -2.00. The van der Waals surface area contributed by atoms with Crippen molar-refractivity contribution in [2.24, 2.45) is 7.05 Å². The Hall–Kier alpha value is -2.81. The summed E-state index contributed by atoms with van der Waals surface area (Å²) in [5, 5.41) is 1.58. The van der Waals surface area contributed by atoms with Crippen LogP contribution in [0.5, 0.6) is 0 Å². The summed E-state index contributed by atoms with van der Waals surface area (Å²) in [4.78, 5) is 12.5. The van der Waals surface area contributed by atoms with Crippen molar-refractivity contribution in [3.8, 4) is 11.3 Å². The van der Waals surface area contributed by atoms with Crippen molar-refractivity contribution in [2.75, 3.05) is 0 Å². The summed E-state index contributed by atoms with van der Waals surface area (Å²) < 4.78 is 7.61. The Morgan fingerprint density at radius 3 is 2.45 bits per heavy atom. The summed E-state index contributed by atoms with van der Waals surface area (Å²) in [6.07, 6.45) is 0. The van der Waals surface area contributed by atoms with Gasteiger partial charge in [0, 0.05) is 29.6 Å². The van der Waals surface area contributed by atoms with Gasteiger partial charge in [0.2, 0.25) is 0 Å². The van der Waals surface area contributed by atoms with Crippen LogP contribution in [0.3, 0.4) is 0 Å². The number of hydrogen-bond donors (Lipinski definition) is 0. The molecule has 0 bridgehead atoms. The number of hydrogen-bond acceptors (Lipinski definition) is 2. The van der Waals surface area contributed by atoms with Crippen LogP contribution >= 0.6 is 0 Å². The smallest absolute Gasteiger partial charge is 0.346 e. The third-order valence-corrected chi connectivity index (χ3v) is 4.16. The van der Waals surface area contributed by atoms with E-state index in [4.69, 9.17) is 4.42 Å². The molecule has 2 aromatic heterocycles. The van der Waals surface area contributed by atoms with Crippen LogP contribution in [0.1, 0.15) is 5.56 Å². The molecule has 2 heterocycles. The zero-order chi connectivity index (χ0) is 15.3. The van der Waals surface area contributed by atoms with Crippen molar-refractivity contribution in [1.29, 1.82) is 0 Å². The fourth-order valence-corrected chi connectivity index (χ4v) is 2.96. The Bertz CT molecular complexity index is 1050. The minimum Gasteiger partial charge on any atom is -0.422 e. The van der Waals surface area contributed by atoms with Gasteiger partial charge in [-0.15, -0.1) is 0 Å². The molecule has 2 aromatic carbocycles. The van der Waals surface area contributed by atoms with E-state index in [1.807, 2.05) is 73.1 Å². The van der Waals surface area contributed by atoms with Crippen LogP contribution in [0.4, 0.5) is 0 Å². The first-order chi connectivity index (χ1) is 10.6. The largest absolute Gasteiger partial charge is 0.422 e. The van der Waals surface area contributed by atoms with Crippen LogP contribution < -0.4 is 5.63 Å². The molecule has 22 heavy (non-hydrogen) atoms. The lowest BCUT2D eigenvalue weighted by Gasteiger charge is -2.02. The summed E-state index contributed by atoms with van der Waals surface area (Å²) >= 11 is 0. The lowest BCUT2D eigenvalue weighted by atomic mass is 10.1. The average molecular weight is 289 g/mol. The summed E-state index contributed by atoms with van der Waals surface area (Å²) in [5.74, 6) is 0.600. The zero-order valence-corrected chi connectivity index (χ0v) is 12.5. The van der Waals surface area contributed by atoms with Crippen molar-refractivity contribution in [2.45, 2.75) is 6.92 Å². The molecule has 0 aliphatic carbocycles. The van der Waals surface area contributed by atoms with Gasteiger partial charge in [0.05, 0.1) is 10.9 Å². The van der Waals surface area contributed by atoms with Crippen molar-refractivity contribution in [3.63, 3.8) is 0 Å². The third kappa shape index (κ3) is 1.79. The topological polar surface area (TPSA) is 35.1 Å². The van der Waals surface area contributed by atoms with Crippen molar-refractivity contribution < 1.29 is 4.42 Å². The molecule has 4 aromatic rings. The molecular formula is C19H15NO2. The Kier molecular flexibility index (Phi) is 2.70. The Balaban J connectivity index is 2.08. The molecule has 0 N–H and O–H groups in total. The molecule has 0 atom stereocenters. The van der Waals surface area contributed by atoms with Gasteiger partial charge >= 0.3 is 5.63 Å². The second kappa shape index (κ2) is 4.60. The molecule has 0 spiro atoms. The number of benzene rings is 2. The molecule has 3 heteroatoms. The van der Waals surface area contributed by atoms with Crippen LogP contribution in [0, 0.1) is 6.92 Å². The van der Waals surface area contributed by atoms with Gasteiger partial charge in [-0.2, -0.15) is 0 Å². The number of fused-ring (bicyclic) bond motifs is 3. The predicted octanol–water partition coefficient (Wildman–Crippen LogP) is 4.26. The molecule has 0 radical (unpaired) electrons. The van der Waals surface area contributed by atoms with E-state index < -0.39 is 0 Å². The summed E-state index contributed by atoms with van der Waals surface area (Å²) in [7, 11) is 1.98. The summed E-state index contributed by atoms with van der Waals surface area (Å²) in [6, 6.07) is 17.8. The van der Waals surface area contributed by atoms with Gasteiger partial charge in [-0.3, -0.25) is 0 Å². The van der Waals surface area contributed by atoms with Crippen molar-refractivity contribution in [1.82, 2.24) is 4.57 Å². The average Bonchev–Trinajstić information content (AvgIpc) is 2.82. The number of nitrogens with zero attached hydrogens (tertiary/aromatic N) is 1. The van der Waals surface area contributed by atoms with E-state index in [1.54, 1.807) is 0 Å². The van der Waals surface area contributed by atoms with Crippen LogP contribution in [0.25, 0.3) is 33.1 Å². The molecule has 0 unspecified atom stereocenters. The van der Waals surface area contributed by atoms with E-state index in [2.05, 4.69) is 0 Å². The number of aryl methyl sites for hydroxylation is 2. The van der Waals surface area contributed by atoms with E-state index in [0.29, 0.717) is 11.1 Å². The van der Waals surface area contributed by atoms with Gasteiger partial charge in [-0.05, 0) is 13.0 Å². The van der Waals surface area contributed by atoms with Crippen molar-refractivity contribution >= 4 is 21.8 Å². The highest BCUT2D eigenvalue weighted by molar-refractivity contribution is 6.07. The maximum absolute atomic E-state index is 12.5. The van der Waals surface area contributed by atoms with E-state index in [-0.39, 0.29) is 5.63 Å². The van der Waals surface area contributed by atoms with E-state index >= 15 is 0 Å². The fourth-order valence-electron chi connectivity index (χ4n) is 2.96. The minimum atomic E-state index is -0.287. The first kappa shape index (κ1) is 12.9. The Morgan fingerprint density at radius 1 is 0.955 bits per heavy atom. The van der Waals surface area contributed by atoms with Crippen LogP contribution in [0.2, 0.25) is 0 Å². The van der Waals surface area contributed by atoms with Gasteiger partial charge in [-0.25, -0.2) is 4.79 Å². The predicted molar refractivity (Wildman–Crippen MR) is 89.1 cm³/mol. The first-order valence-corrected chi connectivity index (χ1v) is 7.23. The number of aromatic nitrogens is 1. The molecule has 0 aliphatic heterocycles. The molecule has 3 nitrogen and oxygen atoms in total. The molecule has 0 saturated heterocycles. The van der Waals surface area contributed by atoms with Crippen LogP contribution in [0.15, 0.2) is 63.8 Å². The first-order valence-electron chi connectivity index (χ1n) is 7.23. The second-order valence-corrected chi connectivity index (χ2v) is 5.60. The molecular weight excluding hydrogens is 274 g/mol. The van der Waals surface area contributed by atoms with E-state index in [1.165, 1.54) is 5.56 Å². The minimum absolute atomic E-state index is 0.287. The molecule has 0 saturated carbocycles. The van der Waals surface area contributed by atoms with Gasteiger partial charge in [0.1, 0.15) is 5.76 Å². The van der Waals surface area contributed by atoms with E-state index in [0.717, 1.165) is 22.0 Å². The second-order valence-electron chi connectivity index (χ2n) is 5.60. The molecule has 108 valence electrons. The van der Waals surface area contributed by atoms with Gasteiger partial charge in [-0.1, -0.05) is 48.0 Å². The van der Waals surface area contributed by atoms with Crippen LogP contribution in [-0.2, 0) is 7.05 Å². The van der Waals surface area contributed by atoms with Crippen molar-refractivity contribution in [3.05, 3.63) is 70.6 Å². The van der Waals surface area contributed by atoms with Crippen LogP contribution in [-0.4, -0.2) is 4.57 Å². The lowest BCUT2D eigenvalue weighted by molar-refractivity contribution is 0.534.